The van der Waals surface area contributed by atoms with Crippen LogP contribution >= 0.6 is 0 Å². The maximum Gasteiger partial charge on any atom is 0.254 e. The fourth-order valence-corrected chi connectivity index (χ4v) is 3.72. The maximum atomic E-state index is 13.3. The highest BCUT2D eigenvalue weighted by molar-refractivity contribution is 5.96. The fraction of sp³-hybridized carbons (Fsp3) is 0.318. The molecule has 1 fully saturated rings. The minimum absolute atomic E-state index is 0.205. The van der Waals surface area contributed by atoms with Gasteiger partial charge in [-0.2, -0.15) is 4.98 Å². The van der Waals surface area contributed by atoms with Gasteiger partial charge >= 0.3 is 0 Å². The van der Waals surface area contributed by atoms with Crippen molar-refractivity contribution in [3.8, 4) is 28.6 Å². The van der Waals surface area contributed by atoms with Gasteiger partial charge in [0.05, 0.1) is 21.3 Å². The van der Waals surface area contributed by atoms with Gasteiger partial charge in [-0.05, 0) is 49.2 Å². The summed E-state index contributed by atoms with van der Waals surface area (Å²) in [6, 6.07) is 8.72. The summed E-state index contributed by atoms with van der Waals surface area (Å²) in [7, 11) is 4.51. The van der Waals surface area contributed by atoms with E-state index < -0.39 is 0 Å². The first-order valence-electron chi connectivity index (χ1n) is 9.76. The number of carbonyl (C=O) groups is 1. The Morgan fingerprint density at radius 2 is 1.77 bits per heavy atom. The molecule has 1 aromatic heterocycles. The van der Waals surface area contributed by atoms with Gasteiger partial charge in [0, 0.05) is 17.7 Å². The average Bonchev–Trinajstić information content (AvgIpc) is 3.47. The fourth-order valence-electron chi connectivity index (χ4n) is 3.72. The highest BCUT2D eigenvalue weighted by Crippen LogP contribution is 2.40. The van der Waals surface area contributed by atoms with Crippen molar-refractivity contribution in [2.45, 2.75) is 18.9 Å². The molecule has 0 N–H and O–H groups in total. The van der Waals surface area contributed by atoms with E-state index >= 15 is 0 Å². The molecule has 8 nitrogen and oxygen atoms in total. The molecule has 2 aromatic carbocycles. The van der Waals surface area contributed by atoms with E-state index in [1.165, 1.54) is 33.5 Å². The van der Waals surface area contributed by atoms with Crippen molar-refractivity contribution in [3.63, 3.8) is 0 Å². The van der Waals surface area contributed by atoms with E-state index in [4.69, 9.17) is 18.7 Å². The zero-order valence-corrected chi connectivity index (χ0v) is 17.4. The Labute approximate surface area is 178 Å². The molecule has 0 spiro atoms. The molecule has 2 heterocycles. The van der Waals surface area contributed by atoms with Crippen molar-refractivity contribution in [1.82, 2.24) is 15.0 Å². The summed E-state index contributed by atoms with van der Waals surface area (Å²) in [6.45, 7) is 0.550. The molecule has 0 aliphatic carbocycles. The molecule has 1 saturated heterocycles. The van der Waals surface area contributed by atoms with E-state index in [0.717, 1.165) is 6.42 Å². The van der Waals surface area contributed by atoms with Crippen molar-refractivity contribution >= 4 is 5.91 Å². The maximum absolute atomic E-state index is 13.3. The van der Waals surface area contributed by atoms with Crippen LogP contribution in [-0.2, 0) is 0 Å². The van der Waals surface area contributed by atoms with Gasteiger partial charge in [0.25, 0.3) is 5.91 Å². The van der Waals surface area contributed by atoms with E-state index in [9.17, 15) is 9.18 Å². The number of ether oxygens (including phenoxy) is 3. The largest absolute Gasteiger partial charge is 0.493 e. The summed E-state index contributed by atoms with van der Waals surface area (Å²) in [4.78, 5) is 19.5. The Morgan fingerprint density at radius 1 is 1.10 bits per heavy atom. The summed E-state index contributed by atoms with van der Waals surface area (Å²) in [5.41, 5.74) is 1.04. The van der Waals surface area contributed by atoms with Crippen molar-refractivity contribution in [1.29, 1.82) is 0 Å². The third-order valence-electron chi connectivity index (χ3n) is 5.25. The number of hydrogen-bond acceptors (Lipinski definition) is 7. The molecule has 0 radical (unpaired) electrons. The van der Waals surface area contributed by atoms with E-state index in [1.807, 2.05) is 0 Å². The Balaban J connectivity index is 1.62. The number of nitrogens with zero attached hydrogens (tertiary/aromatic N) is 3. The summed E-state index contributed by atoms with van der Waals surface area (Å²) in [5.74, 6) is 1.36. The third kappa shape index (κ3) is 3.90. The molecular formula is C22H22FN3O5. The van der Waals surface area contributed by atoms with Gasteiger partial charge in [-0.3, -0.25) is 4.79 Å². The normalized spacial score (nSPS) is 15.7. The second kappa shape index (κ2) is 8.63. The van der Waals surface area contributed by atoms with E-state index in [0.29, 0.717) is 53.1 Å². The van der Waals surface area contributed by atoms with E-state index in [-0.39, 0.29) is 17.8 Å². The molecule has 0 saturated carbocycles. The highest BCUT2D eigenvalue weighted by Gasteiger charge is 2.35. The van der Waals surface area contributed by atoms with Crippen molar-refractivity contribution in [3.05, 3.63) is 53.7 Å². The van der Waals surface area contributed by atoms with Crippen LogP contribution in [0.4, 0.5) is 4.39 Å². The monoisotopic (exact) mass is 427 g/mol. The quantitative estimate of drug-likeness (QED) is 0.590. The lowest BCUT2D eigenvalue weighted by atomic mass is 10.1. The summed E-state index contributed by atoms with van der Waals surface area (Å²) in [5, 5.41) is 4.00. The first kappa shape index (κ1) is 20.6. The lowest BCUT2D eigenvalue weighted by Gasteiger charge is -2.23. The Hall–Kier alpha value is -3.62. The van der Waals surface area contributed by atoms with E-state index in [1.54, 1.807) is 29.2 Å². The van der Waals surface area contributed by atoms with Gasteiger partial charge in [0.1, 0.15) is 11.9 Å². The second-order valence-electron chi connectivity index (χ2n) is 7.03. The van der Waals surface area contributed by atoms with Crippen LogP contribution in [0.5, 0.6) is 17.2 Å². The van der Waals surface area contributed by atoms with E-state index in [2.05, 4.69) is 10.1 Å². The lowest BCUT2D eigenvalue weighted by molar-refractivity contribution is 0.0709. The highest BCUT2D eigenvalue weighted by atomic mass is 19.1. The standard InChI is InChI=1S/C22H22FN3O5/c1-28-17-11-14(12-18(29-2)19(17)30-3)22(27)26-10-4-5-16(26)21-24-20(25-31-21)13-6-8-15(23)9-7-13/h6-9,11-12,16H,4-5,10H2,1-3H3. The van der Waals surface area contributed by atoms with Crippen LogP contribution in [0.25, 0.3) is 11.4 Å². The molecule has 4 rings (SSSR count). The summed E-state index contributed by atoms with van der Waals surface area (Å²) < 4.78 is 34.7. The predicted octanol–water partition coefficient (Wildman–Crippen LogP) is 3.88. The van der Waals surface area contributed by atoms with Crippen molar-refractivity contribution < 1.29 is 27.9 Å². The van der Waals surface area contributed by atoms with Crippen LogP contribution in [-0.4, -0.2) is 48.8 Å². The first-order chi connectivity index (χ1) is 15.0. The van der Waals surface area contributed by atoms with Gasteiger partial charge in [-0.15, -0.1) is 0 Å². The van der Waals surface area contributed by atoms with Crippen LogP contribution in [0.2, 0.25) is 0 Å². The first-order valence-corrected chi connectivity index (χ1v) is 9.76. The second-order valence-corrected chi connectivity index (χ2v) is 7.03. The minimum atomic E-state index is -0.353. The minimum Gasteiger partial charge on any atom is -0.493 e. The van der Waals surface area contributed by atoms with Crippen molar-refractivity contribution in [2.75, 3.05) is 27.9 Å². The molecule has 1 aliphatic rings. The molecule has 9 heteroatoms. The number of amides is 1. The van der Waals surface area contributed by atoms with Crippen LogP contribution in [0, 0.1) is 5.82 Å². The average molecular weight is 427 g/mol. The van der Waals surface area contributed by atoms with Gasteiger partial charge in [-0.1, -0.05) is 5.16 Å². The summed E-state index contributed by atoms with van der Waals surface area (Å²) >= 11 is 0. The summed E-state index contributed by atoms with van der Waals surface area (Å²) in [6.07, 6.45) is 1.50. The number of rotatable bonds is 6. The number of hydrogen-bond donors (Lipinski definition) is 0. The van der Waals surface area contributed by atoms with Gasteiger partial charge in [-0.25, -0.2) is 4.39 Å². The molecule has 3 aromatic rings. The number of benzene rings is 2. The SMILES string of the molecule is COc1cc(C(=O)N2CCCC2c2nc(-c3ccc(F)cc3)no2)cc(OC)c1OC. The van der Waals surface area contributed by atoms with Crippen LogP contribution in [0.1, 0.15) is 35.1 Å². The molecule has 1 aliphatic heterocycles. The van der Waals surface area contributed by atoms with Crippen LogP contribution in [0.3, 0.4) is 0 Å². The molecule has 1 amide bonds. The van der Waals surface area contributed by atoms with Gasteiger partial charge in [0.15, 0.2) is 11.5 Å². The Morgan fingerprint density at radius 3 is 2.39 bits per heavy atom. The third-order valence-corrected chi connectivity index (χ3v) is 5.25. The van der Waals surface area contributed by atoms with Crippen molar-refractivity contribution in [2.24, 2.45) is 0 Å². The predicted molar refractivity (Wildman–Crippen MR) is 109 cm³/mol. The Bertz CT molecular complexity index is 1060. The van der Waals surface area contributed by atoms with Gasteiger partial charge < -0.3 is 23.6 Å². The molecule has 1 unspecified atom stereocenters. The lowest BCUT2D eigenvalue weighted by Crippen LogP contribution is -2.30. The molecule has 1 atom stereocenters. The smallest absolute Gasteiger partial charge is 0.254 e. The Kier molecular flexibility index (Phi) is 5.75. The van der Waals surface area contributed by atoms with Crippen LogP contribution < -0.4 is 14.2 Å². The number of likely N-dealkylation sites (tertiary alicyclic amines) is 1. The molecular weight excluding hydrogens is 405 g/mol. The van der Waals surface area contributed by atoms with Gasteiger partial charge in [0.2, 0.25) is 17.5 Å². The topological polar surface area (TPSA) is 86.9 Å². The van der Waals surface area contributed by atoms with Crippen LogP contribution in [0.15, 0.2) is 40.9 Å². The molecule has 31 heavy (non-hydrogen) atoms. The number of carbonyl (C=O) groups excluding carboxylic acids is 1. The number of halogens is 1. The zero-order chi connectivity index (χ0) is 22.0. The number of methoxy groups -OCH3 is 3. The molecule has 162 valence electrons. The zero-order valence-electron chi connectivity index (χ0n) is 17.4. The number of aromatic nitrogens is 2. The molecule has 0 bridgehead atoms.